The monoisotopic (exact) mass is 229 g/mol. The molecule has 0 aromatic heterocycles. The fourth-order valence-electron chi connectivity index (χ4n) is 0.952. The van der Waals surface area contributed by atoms with Gasteiger partial charge in [0.1, 0.15) is 6.04 Å². The van der Waals surface area contributed by atoms with E-state index in [1.807, 2.05) is 6.92 Å². The first-order valence-corrected chi connectivity index (χ1v) is 5.64. The molecule has 1 atom stereocenters. The highest BCUT2D eigenvalue weighted by molar-refractivity contribution is 5.89. The van der Waals surface area contributed by atoms with Crippen molar-refractivity contribution in [3.05, 3.63) is 0 Å². The van der Waals surface area contributed by atoms with Gasteiger partial charge in [-0.2, -0.15) is 0 Å². The number of carbonyl (C=O) groups is 2. The van der Waals surface area contributed by atoms with Crippen molar-refractivity contribution in [2.24, 2.45) is 11.1 Å². The average molecular weight is 229 g/mol. The summed E-state index contributed by atoms with van der Waals surface area (Å²) in [6.07, 6.45) is 0.876. The van der Waals surface area contributed by atoms with E-state index in [0.717, 1.165) is 6.42 Å². The summed E-state index contributed by atoms with van der Waals surface area (Å²) in [7, 11) is 0. The molecule has 0 aliphatic rings. The Morgan fingerprint density at radius 3 is 2.38 bits per heavy atom. The van der Waals surface area contributed by atoms with Gasteiger partial charge >= 0.3 is 0 Å². The van der Waals surface area contributed by atoms with Crippen LogP contribution in [0.15, 0.2) is 0 Å². The first-order chi connectivity index (χ1) is 7.35. The van der Waals surface area contributed by atoms with Gasteiger partial charge in [0, 0.05) is 13.1 Å². The van der Waals surface area contributed by atoms with E-state index >= 15 is 0 Å². The highest BCUT2D eigenvalue weighted by atomic mass is 16.2. The van der Waals surface area contributed by atoms with Crippen molar-refractivity contribution in [3.8, 4) is 0 Å². The van der Waals surface area contributed by atoms with E-state index in [0.29, 0.717) is 6.54 Å². The lowest BCUT2D eigenvalue weighted by Gasteiger charge is -2.23. The zero-order valence-electron chi connectivity index (χ0n) is 10.6. The largest absolute Gasteiger partial charge is 0.354 e. The number of nitrogens with two attached hydrogens (primary N) is 1. The Kier molecular flexibility index (Phi) is 6.03. The van der Waals surface area contributed by atoms with E-state index in [4.69, 9.17) is 5.73 Å². The maximum Gasteiger partial charge on any atom is 0.242 e. The zero-order chi connectivity index (χ0) is 12.8. The van der Waals surface area contributed by atoms with Crippen molar-refractivity contribution in [3.63, 3.8) is 0 Å². The number of nitrogens with one attached hydrogen (secondary N) is 2. The molecule has 16 heavy (non-hydrogen) atoms. The summed E-state index contributed by atoms with van der Waals surface area (Å²) in [4.78, 5) is 23.2. The highest BCUT2D eigenvalue weighted by Gasteiger charge is 2.28. The second-order valence-corrected chi connectivity index (χ2v) is 4.57. The van der Waals surface area contributed by atoms with E-state index < -0.39 is 11.5 Å². The summed E-state index contributed by atoms with van der Waals surface area (Å²) >= 11 is 0. The van der Waals surface area contributed by atoms with Crippen LogP contribution in [-0.4, -0.2) is 30.9 Å². The van der Waals surface area contributed by atoms with Crippen LogP contribution >= 0.6 is 0 Å². The van der Waals surface area contributed by atoms with Gasteiger partial charge in [0.05, 0.1) is 5.41 Å². The van der Waals surface area contributed by atoms with Crippen LogP contribution < -0.4 is 16.4 Å². The molecule has 0 aromatic carbocycles. The van der Waals surface area contributed by atoms with Crippen LogP contribution in [0, 0.1) is 5.41 Å². The molecule has 0 saturated heterocycles. The Morgan fingerprint density at radius 2 is 1.94 bits per heavy atom. The second-order valence-electron chi connectivity index (χ2n) is 4.57. The maximum atomic E-state index is 11.7. The Balaban J connectivity index is 4.19. The van der Waals surface area contributed by atoms with Gasteiger partial charge in [-0.05, 0) is 27.2 Å². The summed E-state index contributed by atoms with van der Waals surface area (Å²) in [6, 6.07) is -0.523. The summed E-state index contributed by atoms with van der Waals surface area (Å²) < 4.78 is 0. The van der Waals surface area contributed by atoms with Crippen LogP contribution in [0.1, 0.15) is 34.1 Å². The standard InChI is InChI=1S/C11H23N3O2/c1-5-6-13-9(15)8(2)14-10(16)11(3,4)7-12/h8H,5-7,12H2,1-4H3,(H,13,15)(H,14,16). The van der Waals surface area contributed by atoms with Gasteiger partial charge in [-0.3, -0.25) is 9.59 Å². The SMILES string of the molecule is CCCNC(=O)C(C)NC(=O)C(C)(C)CN. The summed E-state index contributed by atoms with van der Waals surface area (Å²) in [5.74, 6) is -0.364. The number of amides is 2. The zero-order valence-corrected chi connectivity index (χ0v) is 10.6. The Hall–Kier alpha value is -1.10. The van der Waals surface area contributed by atoms with Crippen molar-refractivity contribution in [1.82, 2.24) is 10.6 Å². The lowest BCUT2D eigenvalue weighted by Crippen LogP contribution is -2.50. The van der Waals surface area contributed by atoms with Crippen LogP contribution in [0.5, 0.6) is 0 Å². The molecule has 0 aromatic rings. The quantitative estimate of drug-likeness (QED) is 0.599. The molecule has 5 nitrogen and oxygen atoms in total. The van der Waals surface area contributed by atoms with Gasteiger partial charge in [-0.1, -0.05) is 6.92 Å². The number of rotatable bonds is 6. The van der Waals surface area contributed by atoms with E-state index in [1.54, 1.807) is 20.8 Å². The molecule has 1 unspecified atom stereocenters. The van der Waals surface area contributed by atoms with E-state index in [2.05, 4.69) is 10.6 Å². The molecule has 0 rings (SSSR count). The summed E-state index contributed by atoms with van der Waals surface area (Å²) in [5.41, 5.74) is 4.84. The van der Waals surface area contributed by atoms with Gasteiger partial charge < -0.3 is 16.4 Å². The molecule has 5 heteroatoms. The van der Waals surface area contributed by atoms with E-state index in [9.17, 15) is 9.59 Å². The van der Waals surface area contributed by atoms with Crippen LogP contribution in [0.2, 0.25) is 0 Å². The molecule has 0 fully saturated rings. The number of hydrogen-bond acceptors (Lipinski definition) is 3. The Morgan fingerprint density at radius 1 is 1.38 bits per heavy atom. The molecule has 0 spiro atoms. The third kappa shape index (κ3) is 4.61. The minimum Gasteiger partial charge on any atom is -0.354 e. The number of carbonyl (C=O) groups excluding carboxylic acids is 2. The van der Waals surface area contributed by atoms with Gasteiger partial charge in [-0.15, -0.1) is 0 Å². The van der Waals surface area contributed by atoms with Crippen molar-refractivity contribution in [1.29, 1.82) is 0 Å². The smallest absolute Gasteiger partial charge is 0.242 e. The van der Waals surface area contributed by atoms with Gasteiger partial charge in [-0.25, -0.2) is 0 Å². The molecule has 0 aliphatic carbocycles. The van der Waals surface area contributed by atoms with Crippen molar-refractivity contribution in [2.45, 2.75) is 40.2 Å². The highest BCUT2D eigenvalue weighted by Crippen LogP contribution is 2.12. The van der Waals surface area contributed by atoms with Crippen LogP contribution in [-0.2, 0) is 9.59 Å². The molecule has 2 amide bonds. The third-order valence-corrected chi connectivity index (χ3v) is 2.42. The Bertz CT molecular complexity index is 252. The van der Waals surface area contributed by atoms with Crippen molar-refractivity contribution >= 4 is 11.8 Å². The third-order valence-electron chi connectivity index (χ3n) is 2.42. The van der Waals surface area contributed by atoms with E-state index in [-0.39, 0.29) is 18.4 Å². The van der Waals surface area contributed by atoms with Crippen LogP contribution in [0.4, 0.5) is 0 Å². The second kappa shape index (κ2) is 6.48. The topological polar surface area (TPSA) is 84.2 Å². The molecule has 4 N–H and O–H groups in total. The van der Waals surface area contributed by atoms with Crippen LogP contribution in [0.3, 0.4) is 0 Å². The predicted molar refractivity (Wildman–Crippen MR) is 63.7 cm³/mol. The molecular weight excluding hydrogens is 206 g/mol. The Labute approximate surface area is 97.2 Å². The van der Waals surface area contributed by atoms with Gasteiger partial charge in [0.15, 0.2) is 0 Å². The molecule has 0 radical (unpaired) electrons. The van der Waals surface area contributed by atoms with Gasteiger partial charge in [0.2, 0.25) is 11.8 Å². The molecule has 0 bridgehead atoms. The number of hydrogen-bond donors (Lipinski definition) is 3. The molecule has 0 aliphatic heterocycles. The molecule has 0 heterocycles. The fraction of sp³-hybridized carbons (Fsp3) is 0.818. The first kappa shape index (κ1) is 14.9. The van der Waals surface area contributed by atoms with Crippen molar-refractivity contribution in [2.75, 3.05) is 13.1 Å². The van der Waals surface area contributed by atoms with E-state index in [1.165, 1.54) is 0 Å². The molecular formula is C11H23N3O2. The molecule has 94 valence electrons. The predicted octanol–water partition coefficient (Wildman–Crippen LogP) is 0.00220. The fourth-order valence-corrected chi connectivity index (χ4v) is 0.952. The molecule has 0 saturated carbocycles. The lowest BCUT2D eigenvalue weighted by atomic mass is 9.92. The maximum absolute atomic E-state index is 11.7. The first-order valence-electron chi connectivity index (χ1n) is 5.64. The van der Waals surface area contributed by atoms with Crippen molar-refractivity contribution < 1.29 is 9.59 Å². The van der Waals surface area contributed by atoms with Gasteiger partial charge in [0.25, 0.3) is 0 Å². The lowest BCUT2D eigenvalue weighted by molar-refractivity contribution is -0.133. The summed E-state index contributed by atoms with van der Waals surface area (Å²) in [6.45, 7) is 8.01. The average Bonchev–Trinajstić information content (AvgIpc) is 2.25. The minimum atomic E-state index is -0.640. The summed E-state index contributed by atoms with van der Waals surface area (Å²) in [5, 5.41) is 5.37. The van der Waals surface area contributed by atoms with Crippen LogP contribution in [0.25, 0.3) is 0 Å². The normalized spacial score (nSPS) is 13.1. The minimum absolute atomic E-state index is 0.164.